The molecule has 1 saturated carbocycles. The van der Waals surface area contributed by atoms with Gasteiger partial charge in [-0.2, -0.15) is 0 Å². The fourth-order valence-corrected chi connectivity index (χ4v) is 3.23. The number of nitrogens with one attached hydrogen (secondary N) is 1. The maximum absolute atomic E-state index is 6.11. The largest absolute Gasteiger partial charge is 0.310 e. The third kappa shape index (κ3) is 3.97. The van der Waals surface area contributed by atoms with E-state index in [0.29, 0.717) is 11.5 Å². The highest BCUT2D eigenvalue weighted by atomic mass is 79.9. The predicted octanol–water partition coefficient (Wildman–Crippen LogP) is 5.16. The molecule has 0 amide bonds. The molecule has 0 spiro atoms. The number of hydrogen-bond donors (Lipinski definition) is 1. The van der Waals surface area contributed by atoms with Gasteiger partial charge in [0.15, 0.2) is 0 Å². The monoisotopic (exact) mass is 329 g/mol. The molecule has 1 nitrogen and oxygen atoms in total. The normalized spacial score (nSPS) is 23.0. The maximum atomic E-state index is 6.11. The van der Waals surface area contributed by atoms with Crippen LogP contribution in [-0.4, -0.2) is 6.04 Å². The maximum Gasteiger partial charge on any atom is 0.0551 e. The molecule has 1 fully saturated rings. The van der Waals surface area contributed by atoms with Gasteiger partial charge in [-0.3, -0.25) is 0 Å². The Balaban J connectivity index is 1.89. The number of benzene rings is 1. The summed E-state index contributed by atoms with van der Waals surface area (Å²) in [4.78, 5) is 0. The van der Waals surface area contributed by atoms with E-state index < -0.39 is 0 Å². The Morgan fingerprint density at radius 3 is 2.89 bits per heavy atom. The van der Waals surface area contributed by atoms with E-state index >= 15 is 0 Å². The van der Waals surface area contributed by atoms with Crippen molar-refractivity contribution in [2.45, 2.75) is 52.1 Å². The van der Waals surface area contributed by atoms with Gasteiger partial charge in [0, 0.05) is 17.1 Å². The van der Waals surface area contributed by atoms with Gasteiger partial charge in [0.25, 0.3) is 0 Å². The molecule has 0 aliphatic heterocycles. The molecular weight excluding hydrogens is 310 g/mol. The minimum Gasteiger partial charge on any atom is -0.310 e. The molecule has 1 N–H and O–H groups in total. The molecule has 1 aliphatic rings. The highest BCUT2D eigenvalue weighted by Crippen LogP contribution is 2.35. The second-order valence-electron chi connectivity index (χ2n) is 6.09. The Labute approximate surface area is 123 Å². The highest BCUT2D eigenvalue weighted by Gasteiger charge is 2.27. The van der Waals surface area contributed by atoms with Crippen LogP contribution < -0.4 is 5.32 Å². The molecule has 0 saturated heterocycles. The summed E-state index contributed by atoms with van der Waals surface area (Å²) >= 11 is 9.53. The first-order valence-electron chi connectivity index (χ1n) is 6.64. The van der Waals surface area contributed by atoms with Gasteiger partial charge in [0.2, 0.25) is 0 Å². The van der Waals surface area contributed by atoms with Crippen LogP contribution in [0.15, 0.2) is 22.7 Å². The summed E-state index contributed by atoms with van der Waals surface area (Å²) in [7, 11) is 0. The third-order valence-corrected chi connectivity index (χ3v) is 5.02. The van der Waals surface area contributed by atoms with Crippen molar-refractivity contribution < 1.29 is 0 Å². The Bertz CT molecular complexity index is 417. The van der Waals surface area contributed by atoms with Crippen molar-refractivity contribution in [2.24, 2.45) is 5.41 Å². The topological polar surface area (TPSA) is 12.0 Å². The lowest BCUT2D eigenvalue weighted by atomic mass is 9.75. The highest BCUT2D eigenvalue weighted by molar-refractivity contribution is 9.10. The Hall–Kier alpha value is -0.0500. The third-order valence-electron chi connectivity index (χ3n) is 3.78. The Morgan fingerprint density at radius 2 is 2.22 bits per heavy atom. The van der Waals surface area contributed by atoms with Gasteiger partial charge in [-0.05, 0) is 58.3 Å². The summed E-state index contributed by atoms with van der Waals surface area (Å²) in [6, 6.07) is 6.82. The second-order valence-corrected chi connectivity index (χ2v) is 7.35. The summed E-state index contributed by atoms with van der Waals surface area (Å²) in [5.41, 5.74) is 1.75. The zero-order chi connectivity index (χ0) is 13.2. The van der Waals surface area contributed by atoms with Crippen LogP contribution in [0, 0.1) is 5.41 Å². The first-order chi connectivity index (χ1) is 8.46. The molecule has 0 bridgehead atoms. The van der Waals surface area contributed by atoms with E-state index in [9.17, 15) is 0 Å². The number of rotatable bonds is 3. The summed E-state index contributed by atoms with van der Waals surface area (Å²) in [6.45, 7) is 5.66. The lowest BCUT2D eigenvalue weighted by molar-refractivity contribution is 0.198. The molecule has 1 atom stereocenters. The zero-order valence-corrected chi connectivity index (χ0v) is 13.4. The fourth-order valence-electron chi connectivity index (χ4n) is 2.78. The van der Waals surface area contributed by atoms with E-state index in [-0.39, 0.29) is 0 Å². The van der Waals surface area contributed by atoms with Crippen LogP contribution in [0.4, 0.5) is 0 Å². The standard InChI is InChI=1S/C15H21BrClN/c1-15(2)7-3-4-12(9-15)18-10-11-5-6-13(16)14(17)8-11/h5-6,8,12,18H,3-4,7,9-10H2,1-2H3. The van der Waals surface area contributed by atoms with Gasteiger partial charge in [-0.15, -0.1) is 0 Å². The molecule has 0 radical (unpaired) electrons. The lowest BCUT2D eigenvalue weighted by Crippen LogP contribution is -2.36. The van der Waals surface area contributed by atoms with E-state index in [1.807, 2.05) is 12.1 Å². The molecule has 3 heteroatoms. The molecular formula is C15H21BrClN. The summed E-state index contributed by atoms with van der Waals surface area (Å²) in [5, 5.41) is 4.46. The van der Waals surface area contributed by atoms with Crippen molar-refractivity contribution in [3.8, 4) is 0 Å². The smallest absolute Gasteiger partial charge is 0.0551 e. The molecule has 2 rings (SSSR count). The zero-order valence-electron chi connectivity index (χ0n) is 11.1. The van der Waals surface area contributed by atoms with Gasteiger partial charge < -0.3 is 5.32 Å². The Kier molecular flexibility index (Phi) is 4.74. The molecule has 0 heterocycles. The number of hydrogen-bond acceptors (Lipinski definition) is 1. The van der Waals surface area contributed by atoms with Gasteiger partial charge >= 0.3 is 0 Å². The van der Waals surface area contributed by atoms with Crippen LogP contribution in [0.2, 0.25) is 5.02 Å². The molecule has 1 aliphatic carbocycles. The van der Waals surface area contributed by atoms with Gasteiger partial charge in [-0.1, -0.05) is 37.9 Å². The SMILES string of the molecule is CC1(C)CCCC(NCc2ccc(Br)c(Cl)c2)C1. The van der Waals surface area contributed by atoms with Gasteiger partial charge in [-0.25, -0.2) is 0 Å². The quantitative estimate of drug-likeness (QED) is 0.807. The van der Waals surface area contributed by atoms with Gasteiger partial charge in [0.05, 0.1) is 5.02 Å². The first-order valence-corrected chi connectivity index (χ1v) is 7.81. The lowest BCUT2D eigenvalue weighted by Gasteiger charge is -2.35. The minimum atomic E-state index is 0.493. The van der Waals surface area contributed by atoms with E-state index in [1.165, 1.54) is 31.2 Å². The molecule has 18 heavy (non-hydrogen) atoms. The molecule has 100 valence electrons. The average molecular weight is 331 g/mol. The van der Waals surface area contributed by atoms with Crippen molar-refractivity contribution in [3.05, 3.63) is 33.3 Å². The summed E-state index contributed by atoms with van der Waals surface area (Å²) < 4.78 is 0.965. The van der Waals surface area contributed by atoms with Crippen molar-refractivity contribution in [2.75, 3.05) is 0 Å². The van der Waals surface area contributed by atoms with Crippen LogP contribution >= 0.6 is 27.5 Å². The van der Waals surface area contributed by atoms with E-state index in [4.69, 9.17) is 11.6 Å². The molecule has 0 aromatic heterocycles. The summed E-state index contributed by atoms with van der Waals surface area (Å²) in [5.74, 6) is 0. The van der Waals surface area contributed by atoms with E-state index in [1.54, 1.807) is 0 Å². The van der Waals surface area contributed by atoms with Crippen LogP contribution in [-0.2, 0) is 6.54 Å². The summed E-state index contributed by atoms with van der Waals surface area (Å²) in [6.07, 6.45) is 5.27. The van der Waals surface area contributed by atoms with Crippen LogP contribution in [0.5, 0.6) is 0 Å². The first kappa shape index (κ1) is 14.4. The van der Waals surface area contributed by atoms with E-state index in [0.717, 1.165) is 16.0 Å². The molecule has 1 aromatic carbocycles. The van der Waals surface area contributed by atoms with Gasteiger partial charge in [0.1, 0.15) is 0 Å². The van der Waals surface area contributed by atoms with Crippen LogP contribution in [0.25, 0.3) is 0 Å². The van der Waals surface area contributed by atoms with Crippen LogP contribution in [0.3, 0.4) is 0 Å². The fraction of sp³-hybridized carbons (Fsp3) is 0.600. The van der Waals surface area contributed by atoms with Crippen LogP contribution in [0.1, 0.15) is 45.1 Å². The number of halogens is 2. The van der Waals surface area contributed by atoms with Crippen molar-refractivity contribution in [1.29, 1.82) is 0 Å². The Morgan fingerprint density at radius 1 is 1.44 bits per heavy atom. The average Bonchev–Trinajstić information content (AvgIpc) is 2.29. The minimum absolute atomic E-state index is 0.493. The van der Waals surface area contributed by atoms with Crippen molar-refractivity contribution in [3.63, 3.8) is 0 Å². The molecule has 1 unspecified atom stereocenters. The van der Waals surface area contributed by atoms with Crippen molar-refractivity contribution >= 4 is 27.5 Å². The van der Waals surface area contributed by atoms with E-state index in [2.05, 4.69) is 41.2 Å². The second kappa shape index (κ2) is 5.94. The van der Waals surface area contributed by atoms with Crippen molar-refractivity contribution in [1.82, 2.24) is 5.32 Å². The predicted molar refractivity (Wildman–Crippen MR) is 82.0 cm³/mol. The molecule has 1 aromatic rings.